The van der Waals surface area contributed by atoms with Gasteiger partial charge >= 0.3 is 6.18 Å². The quantitative estimate of drug-likeness (QED) is 0.477. The average Bonchev–Trinajstić information content (AvgIpc) is 2.52. The maximum absolute atomic E-state index is 14.3. The van der Waals surface area contributed by atoms with Gasteiger partial charge in [0.2, 0.25) is 0 Å². The summed E-state index contributed by atoms with van der Waals surface area (Å²) in [6.07, 6.45) is -4.67. The number of alkyl halides is 3. The molecule has 0 spiro atoms. The van der Waals surface area contributed by atoms with E-state index in [-0.39, 0.29) is 27.3 Å². The number of aryl methyl sites for hydroxylation is 1. The monoisotopic (exact) mass is 371 g/mol. The van der Waals surface area contributed by atoms with E-state index in [9.17, 15) is 22.4 Å². The van der Waals surface area contributed by atoms with Crippen LogP contribution in [0.4, 0.5) is 17.6 Å². The van der Waals surface area contributed by atoms with Crippen molar-refractivity contribution < 1.29 is 17.6 Å². The van der Waals surface area contributed by atoms with E-state index in [4.69, 9.17) is 11.6 Å². The molecule has 0 saturated heterocycles. The van der Waals surface area contributed by atoms with Crippen LogP contribution in [0.1, 0.15) is 11.4 Å². The first-order chi connectivity index (χ1) is 11.6. The van der Waals surface area contributed by atoms with E-state index >= 15 is 0 Å². The molecule has 0 radical (unpaired) electrons. The van der Waals surface area contributed by atoms with Crippen LogP contribution in [0.3, 0.4) is 0 Å². The van der Waals surface area contributed by atoms with Crippen LogP contribution in [0.2, 0.25) is 5.15 Å². The number of pyridine rings is 1. The summed E-state index contributed by atoms with van der Waals surface area (Å²) in [6, 6.07) is 3.35. The van der Waals surface area contributed by atoms with Crippen molar-refractivity contribution in [3.8, 4) is 11.3 Å². The molecule has 3 aromatic rings. The van der Waals surface area contributed by atoms with Gasteiger partial charge in [-0.25, -0.2) is 14.4 Å². The van der Waals surface area contributed by atoms with E-state index in [0.717, 1.165) is 12.1 Å². The van der Waals surface area contributed by atoms with Gasteiger partial charge < -0.3 is 0 Å². The molecule has 0 N–H and O–H groups in total. The number of nitrogens with zero attached hydrogens (tertiary/aromatic N) is 3. The second-order valence-corrected chi connectivity index (χ2v) is 5.79. The highest BCUT2D eigenvalue weighted by Gasteiger charge is 2.31. The lowest BCUT2D eigenvalue weighted by Crippen LogP contribution is -2.21. The van der Waals surface area contributed by atoms with Crippen LogP contribution in [-0.4, -0.2) is 14.5 Å². The zero-order valence-corrected chi connectivity index (χ0v) is 13.7. The molecule has 0 aliphatic rings. The Labute approximate surface area is 143 Å². The summed E-state index contributed by atoms with van der Waals surface area (Å²) >= 11 is 5.90. The van der Waals surface area contributed by atoms with E-state index in [1.807, 2.05) is 0 Å². The van der Waals surface area contributed by atoms with Crippen molar-refractivity contribution in [3.05, 3.63) is 57.0 Å². The number of aromatic nitrogens is 3. The number of fused-ring (bicyclic) bond motifs is 1. The lowest BCUT2D eigenvalue weighted by atomic mass is 10.1. The maximum Gasteiger partial charge on any atom is 0.416 e. The number of hydrogen-bond acceptors (Lipinski definition) is 3. The highest BCUT2D eigenvalue weighted by Crippen LogP contribution is 2.34. The first-order valence-corrected chi connectivity index (χ1v) is 7.38. The Morgan fingerprint density at radius 3 is 2.44 bits per heavy atom. The van der Waals surface area contributed by atoms with E-state index in [0.29, 0.717) is 11.9 Å². The molecule has 0 bridgehead atoms. The van der Waals surface area contributed by atoms with Gasteiger partial charge in [-0.3, -0.25) is 9.36 Å². The molecule has 2 aromatic heterocycles. The second kappa shape index (κ2) is 5.80. The van der Waals surface area contributed by atoms with Gasteiger partial charge in [-0.05, 0) is 31.2 Å². The summed E-state index contributed by atoms with van der Waals surface area (Å²) in [4.78, 5) is 20.5. The van der Waals surface area contributed by atoms with Crippen LogP contribution in [-0.2, 0) is 13.2 Å². The molecule has 0 unspecified atom stereocenters. The van der Waals surface area contributed by atoms with E-state index in [1.54, 1.807) is 6.92 Å². The molecule has 0 amide bonds. The van der Waals surface area contributed by atoms with Gasteiger partial charge in [-0.2, -0.15) is 13.2 Å². The molecule has 2 heterocycles. The zero-order valence-electron chi connectivity index (χ0n) is 12.9. The smallest absolute Gasteiger partial charge is 0.299 e. The molecule has 0 aliphatic heterocycles. The van der Waals surface area contributed by atoms with Crippen LogP contribution in [0.25, 0.3) is 22.2 Å². The van der Waals surface area contributed by atoms with Gasteiger partial charge in [0.1, 0.15) is 28.0 Å². The fourth-order valence-corrected chi connectivity index (χ4v) is 2.61. The molecule has 0 atom stereocenters. The van der Waals surface area contributed by atoms with Gasteiger partial charge in [-0.15, -0.1) is 0 Å². The minimum Gasteiger partial charge on any atom is -0.299 e. The Kier molecular flexibility index (Phi) is 4.03. The molecular weight excluding hydrogens is 362 g/mol. The summed E-state index contributed by atoms with van der Waals surface area (Å²) in [5.41, 5.74) is -1.78. The van der Waals surface area contributed by atoms with Crippen molar-refractivity contribution >= 4 is 22.5 Å². The molecule has 0 fully saturated rings. The van der Waals surface area contributed by atoms with Crippen molar-refractivity contribution in [1.29, 1.82) is 0 Å². The molecule has 130 valence electrons. The molecule has 4 nitrogen and oxygen atoms in total. The van der Waals surface area contributed by atoms with E-state index < -0.39 is 23.1 Å². The Morgan fingerprint density at radius 2 is 1.84 bits per heavy atom. The third kappa shape index (κ3) is 2.97. The number of benzene rings is 1. The minimum atomic E-state index is -4.67. The normalized spacial score (nSPS) is 12.0. The summed E-state index contributed by atoms with van der Waals surface area (Å²) in [6.45, 7) is 1.57. The Bertz CT molecular complexity index is 1060. The van der Waals surface area contributed by atoms with Gasteiger partial charge in [-0.1, -0.05) is 11.6 Å². The first-order valence-electron chi connectivity index (χ1n) is 7.00. The Hall–Kier alpha value is -2.48. The molecule has 0 aliphatic carbocycles. The topological polar surface area (TPSA) is 47.8 Å². The Morgan fingerprint density at radius 1 is 1.16 bits per heavy atom. The van der Waals surface area contributed by atoms with Gasteiger partial charge in [0, 0.05) is 12.6 Å². The van der Waals surface area contributed by atoms with Gasteiger partial charge in [0.05, 0.1) is 10.9 Å². The van der Waals surface area contributed by atoms with Gasteiger partial charge in [0.15, 0.2) is 0 Å². The fourth-order valence-electron chi connectivity index (χ4n) is 2.42. The summed E-state index contributed by atoms with van der Waals surface area (Å²) < 4.78 is 53.7. The van der Waals surface area contributed by atoms with E-state index in [2.05, 4.69) is 9.97 Å². The lowest BCUT2D eigenvalue weighted by Gasteiger charge is -2.12. The summed E-state index contributed by atoms with van der Waals surface area (Å²) in [7, 11) is 1.51. The fraction of sp³-hybridized carbons (Fsp3) is 0.188. The predicted octanol–water partition coefficient (Wildman–Crippen LogP) is 4.12. The standard InChI is InChI=1S/C16H10ClF4N3O/c1-7-22-14-10(15(25)24(7)2)6-12(17)23-13(14)9-4-3-8(5-11(9)18)16(19,20)21/h3-6H,1-2H3. The second-order valence-electron chi connectivity index (χ2n) is 5.41. The van der Waals surface area contributed by atoms with Crippen molar-refractivity contribution in [2.75, 3.05) is 0 Å². The first kappa shape index (κ1) is 17.3. The van der Waals surface area contributed by atoms with Crippen LogP contribution in [0.5, 0.6) is 0 Å². The molecule has 3 rings (SSSR count). The third-order valence-electron chi connectivity index (χ3n) is 3.81. The molecular formula is C16H10ClF4N3O. The highest BCUT2D eigenvalue weighted by atomic mass is 35.5. The van der Waals surface area contributed by atoms with Crippen LogP contribution < -0.4 is 5.56 Å². The number of hydrogen-bond donors (Lipinski definition) is 0. The molecule has 9 heteroatoms. The van der Waals surface area contributed by atoms with Crippen molar-refractivity contribution in [3.63, 3.8) is 0 Å². The largest absolute Gasteiger partial charge is 0.416 e. The van der Waals surface area contributed by atoms with Gasteiger partial charge in [0.25, 0.3) is 5.56 Å². The Balaban J connectivity index is 2.35. The maximum atomic E-state index is 14.3. The SMILES string of the molecule is Cc1nc2c(-c3ccc(C(F)(F)F)cc3F)nc(Cl)cc2c(=O)n1C. The van der Waals surface area contributed by atoms with E-state index in [1.165, 1.54) is 17.7 Å². The van der Waals surface area contributed by atoms with Crippen molar-refractivity contribution in [2.45, 2.75) is 13.1 Å². The van der Waals surface area contributed by atoms with Crippen LogP contribution in [0.15, 0.2) is 29.1 Å². The molecule has 1 aromatic carbocycles. The third-order valence-corrected chi connectivity index (χ3v) is 4.00. The minimum absolute atomic E-state index is 0.0728. The number of rotatable bonds is 1. The van der Waals surface area contributed by atoms with Crippen LogP contribution in [0, 0.1) is 12.7 Å². The lowest BCUT2D eigenvalue weighted by molar-refractivity contribution is -0.137. The molecule has 25 heavy (non-hydrogen) atoms. The molecule has 0 saturated carbocycles. The zero-order chi connectivity index (χ0) is 18.5. The van der Waals surface area contributed by atoms with Crippen molar-refractivity contribution in [2.24, 2.45) is 7.05 Å². The average molecular weight is 372 g/mol. The summed E-state index contributed by atoms with van der Waals surface area (Å²) in [5.74, 6) is -0.791. The van der Waals surface area contributed by atoms with Crippen molar-refractivity contribution in [1.82, 2.24) is 14.5 Å². The predicted molar refractivity (Wildman–Crippen MR) is 84.9 cm³/mol. The summed E-state index contributed by atoms with van der Waals surface area (Å²) in [5, 5.41) is 0.00643. The van der Waals surface area contributed by atoms with Crippen LogP contribution >= 0.6 is 11.6 Å². The number of halogens is 5. The highest BCUT2D eigenvalue weighted by molar-refractivity contribution is 6.30.